The molecule has 0 bridgehead atoms. The standard InChI is InChI=1S/C26H23NO4.C25H29NO4.C24H19NO4.C23H25NO4.C21H21NO4.CH4/c1-2-25(28)30-24-14-10-21(11-15-24)22(18-27)16-20-8-12-23(13-9-20)31-26(29)17-19-6-4-3-5-7-19;1-24(2,3)22(27)29-20-11-7-17(8-12-20)15-19(16-26)18-9-13-21(14-10-18)30-23(28)25(4,5)6;1-17(26)28-22-13-9-19(10-14-22)21(16-25)15-18-7-11-23(12-8-18)29-24(27)20-5-3-2-4-6-20;1-15(2)22(25)27-20-9-5-17(6-10-20)13-19(14-24)18-7-11-21(12-8-18)28-23(26)16(3)4;1-3-20(23)25-18-9-5-15(6-10-18)13-17(14-22)16-7-11-19(12-8-16)26-21(24)4-2;/h3-15,22H,2,16-17H2,1H3;7-14,19H,15H2,1-6H3;2-14,21H,15H2,1H3;5-12,15-16,19H,13H2,1-4H3;5-12,17H,3-4,13H2,1-2H3;1H4. The largest absolute Gasteiger partial charge is 0.427 e. The summed E-state index contributed by atoms with van der Waals surface area (Å²) in [6.07, 6.45) is 3.76. The first kappa shape index (κ1) is 115. The van der Waals surface area contributed by atoms with Crippen molar-refractivity contribution in [2.75, 3.05) is 0 Å². The van der Waals surface area contributed by atoms with E-state index in [-0.39, 0.29) is 109 Å². The number of ether oxygens (including phenoxy) is 10. The van der Waals surface area contributed by atoms with E-state index in [9.17, 15) is 74.3 Å². The minimum absolute atomic E-state index is 0. The minimum atomic E-state index is -0.582. The van der Waals surface area contributed by atoms with Crippen molar-refractivity contribution in [2.24, 2.45) is 22.7 Å². The third-order valence-electron chi connectivity index (χ3n) is 21.5. The van der Waals surface area contributed by atoms with E-state index in [1.807, 2.05) is 97.1 Å². The van der Waals surface area contributed by atoms with Crippen LogP contribution in [0.5, 0.6) is 57.5 Å². The molecule has 0 aliphatic carbocycles. The Morgan fingerprint density at radius 3 is 0.683 bits per heavy atom. The molecule has 0 amide bonds. The quantitative estimate of drug-likeness (QED) is 0.0272. The number of hydrogen-bond acceptors (Lipinski definition) is 25. The first-order chi connectivity index (χ1) is 68.9. The lowest BCUT2D eigenvalue weighted by molar-refractivity contribution is -0.143. The van der Waals surface area contributed by atoms with Gasteiger partial charge in [-0.2, -0.15) is 26.3 Å². The van der Waals surface area contributed by atoms with Crippen LogP contribution in [-0.2, 0) is 81.7 Å². The van der Waals surface area contributed by atoms with E-state index in [0.717, 1.165) is 61.2 Å². The van der Waals surface area contributed by atoms with E-state index < -0.39 is 16.8 Å². The number of benzene rings is 12. The lowest BCUT2D eigenvalue weighted by Gasteiger charge is -2.17. The molecule has 0 saturated heterocycles. The Bertz CT molecular complexity index is 6470. The lowest BCUT2D eigenvalue weighted by Crippen LogP contribution is -2.25. The lowest BCUT2D eigenvalue weighted by atomic mass is 9.93. The smallest absolute Gasteiger partial charge is 0.343 e. The monoisotopic (exact) mass is 1950 g/mol. The second kappa shape index (κ2) is 58.1. The molecule has 0 radical (unpaired) electrons. The van der Waals surface area contributed by atoms with Crippen LogP contribution in [0.15, 0.2) is 303 Å². The van der Waals surface area contributed by atoms with Crippen molar-refractivity contribution in [1.29, 1.82) is 26.3 Å². The minimum Gasteiger partial charge on any atom is -0.427 e. The normalized spacial score (nSPS) is 11.5. The molecular formula is C120H121N5O20. The van der Waals surface area contributed by atoms with Gasteiger partial charge >= 0.3 is 59.7 Å². The van der Waals surface area contributed by atoms with Gasteiger partial charge in [0.25, 0.3) is 0 Å². The van der Waals surface area contributed by atoms with Crippen LogP contribution in [0.2, 0.25) is 0 Å². The molecule has 0 aromatic heterocycles. The van der Waals surface area contributed by atoms with Crippen molar-refractivity contribution in [2.45, 2.75) is 192 Å². The average molecular weight is 1950 g/mol. The molecule has 0 N–H and O–H groups in total. The van der Waals surface area contributed by atoms with E-state index in [0.29, 0.717) is 114 Å². The average Bonchev–Trinajstić information content (AvgIpc) is 0.854. The van der Waals surface area contributed by atoms with Crippen molar-refractivity contribution >= 4 is 59.7 Å². The molecule has 5 atom stereocenters. The highest BCUT2D eigenvalue weighted by Crippen LogP contribution is 2.33. The Labute approximate surface area is 848 Å². The number of nitriles is 5. The van der Waals surface area contributed by atoms with Gasteiger partial charge in [0, 0.05) is 26.2 Å². The van der Waals surface area contributed by atoms with Crippen LogP contribution >= 0.6 is 0 Å². The summed E-state index contributed by atoms with van der Waals surface area (Å²) >= 11 is 0. The van der Waals surface area contributed by atoms with Gasteiger partial charge in [0.2, 0.25) is 0 Å². The molecule has 0 spiro atoms. The van der Waals surface area contributed by atoms with E-state index in [2.05, 4.69) is 30.3 Å². The first-order valence-corrected chi connectivity index (χ1v) is 47.0. The maximum Gasteiger partial charge on any atom is 0.343 e. The molecule has 0 aliphatic heterocycles. The van der Waals surface area contributed by atoms with E-state index in [1.54, 1.807) is 296 Å². The zero-order valence-corrected chi connectivity index (χ0v) is 83.2. The number of carbonyl (C=O) groups is 10. The molecule has 5 unspecified atom stereocenters. The third-order valence-corrected chi connectivity index (χ3v) is 21.5. The summed E-state index contributed by atoms with van der Waals surface area (Å²) in [6.45, 7) is 24.5. The van der Waals surface area contributed by atoms with Crippen molar-refractivity contribution < 1.29 is 95.3 Å². The van der Waals surface area contributed by atoms with Crippen LogP contribution in [0.25, 0.3) is 0 Å². The molecule has 0 aliphatic rings. The fraction of sp³-hybridized carbons (Fsp3) is 0.275. The number of esters is 10. The van der Waals surface area contributed by atoms with Crippen molar-refractivity contribution in [3.63, 3.8) is 0 Å². The Kier molecular flexibility index (Phi) is 46.0. The maximum absolute atomic E-state index is 12.1. The highest BCUT2D eigenvalue weighted by Gasteiger charge is 2.27. The summed E-state index contributed by atoms with van der Waals surface area (Å²) in [7, 11) is 0. The molecule has 0 saturated carbocycles. The van der Waals surface area contributed by atoms with Crippen LogP contribution in [-0.4, -0.2) is 59.7 Å². The number of rotatable bonds is 33. The van der Waals surface area contributed by atoms with Gasteiger partial charge in [-0.3, -0.25) is 43.2 Å². The molecular weight excluding hydrogens is 1830 g/mol. The van der Waals surface area contributed by atoms with Gasteiger partial charge in [-0.15, -0.1) is 0 Å². The van der Waals surface area contributed by atoms with Gasteiger partial charge in [-0.05, 0) is 268 Å². The van der Waals surface area contributed by atoms with Crippen LogP contribution in [0.3, 0.4) is 0 Å². The van der Waals surface area contributed by atoms with Gasteiger partial charge in [-0.25, -0.2) is 4.79 Å². The Morgan fingerprint density at radius 1 is 0.255 bits per heavy atom. The Balaban J connectivity index is 0.000000246. The Morgan fingerprint density at radius 2 is 0.462 bits per heavy atom. The summed E-state index contributed by atoms with van der Waals surface area (Å²) in [6, 6.07) is 100. The van der Waals surface area contributed by atoms with Crippen LogP contribution in [0.1, 0.15) is 225 Å². The van der Waals surface area contributed by atoms with E-state index >= 15 is 0 Å². The van der Waals surface area contributed by atoms with Crippen LogP contribution < -0.4 is 47.4 Å². The zero-order chi connectivity index (χ0) is 105. The number of nitrogens with zero attached hydrogens (tertiary/aromatic N) is 5. The fourth-order valence-corrected chi connectivity index (χ4v) is 13.1. The summed E-state index contributed by atoms with van der Waals surface area (Å²) in [5.41, 5.74) is 9.25. The summed E-state index contributed by atoms with van der Waals surface area (Å²) in [4.78, 5) is 116. The van der Waals surface area contributed by atoms with Gasteiger partial charge in [0.05, 0.1) is 94.6 Å². The van der Waals surface area contributed by atoms with Crippen molar-refractivity contribution in [1.82, 2.24) is 0 Å². The third kappa shape index (κ3) is 39.8. The van der Waals surface area contributed by atoms with Crippen molar-refractivity contribution in [3.05, 3.63) is 370 Å². The summed E-state index contributed by atoms with van der Waals surface area (Å²) in [5, 5.41) is 47.8. The van der Waals surface area contributed by atoms with Gasteiger partial charge in [0.1, 0.15) is 57.5 Å². The first-order valence-electron chi connectivity index (χ1n) is 47.0. The van der Waals surface area contributed by atoms with Gasteiger partial charge in [-0.1, -0.05) is 226 Å². The molecule has 25 nitrogen and oxygen atoms in total. The van der Waals surface area contributed by atoms with E-state index in [4.69, 9.17) is 47.4 Å². The zero-order valence-electron chi connectivity index (χ0n) is 83.2. The van der Waals surface area contributed by atoms with Crippen LogP contribution in [0.4, 0.5) is 0 Å². The number of hydrogen-bond donors (Lipinski definition) is 0. The second-order valence-electron chi connectivity index (χ2n) is 35.9. The molecule has 12 rings (SSSR count). The Hall–Kier alpha value is -17.2. The topological polar surface area (TPSA) is 382 Å². The fourth-order valence-electron chi connectivity index (χ4n) is 13.1. The maximum atomic E-state index is 12.1. The molecule has 0 heterocycles. The molecule has 25 heteroatoms. The number of carbonyl (C=O) groups excluding carboxylic acids is 10. The predicted molar refractivity (Wildman–Crippen MR) is 549 cm³/mol. The SMILES string of the molecule is C.CC(=O)Oc1ccc(C(C#N)Cc2ccc(OC(=O)c3ccccc3)cc2)cc1.CC(C)(C)C(=O)Oc1ccc(CC(C#N)c2ccc(OC(=O)C(C)(C)C)cc2)cc1.CC(C)C(=O)Oc1ccc(CC(C#N)c2ccc(OC(=O)C(C)C)cc2)cc1.CCC(=O)Oc1ccc(C(C#N)Cc2ccc(OC(=O)Cc3ccccc3)cc2)cc1.CCC(=O)Oc1ccc(CC(C#N)c2ccc(OC(=O)CC)cc2)cc1. The molecule has 12 aromatic rings. The second-order valence-corrected chi connectivity index (χ2v) is 35.9. The molecule has 12 aromatic carbocycles. The molecule has 746 valence electrons. The van der Waals surface area contributed by atoms with Crippen LogP contribution in [0, 0.1) is 79.3 Å². The summed E-state index contributed by atoms with van der Waals surface area (Å²) < 4.78 is 52.5. The molecule has 0 fully saturated rings. The highest BCUT2D eigenvalue weighted by atomic mass is 16.6. The highest BCUT2D eigenvalue weighted by molar-refractivity contribution is 5.91. The van der Waals surface area contributed by atoms with Gasteiger partial charge < -0.3 is 47.4 Å². The summed E-state index contributed by atoms with van der Waals surface area (Å²) in [5.74, 6) is -0.545. The van der Waals surface area contributed by atoms with Gasteiger partial charge in [0.15, 0.2) is 0 Å². The van der Waals surface area contributed by atoms with Crippen molar-refractivity contribution in [3.8, 4) is 87.8 Å². The predicted octanol–water partition coefficient (Wildman–Crippen LogP) is 24.6. The molecule has 145 heavy (non-hydrogen) atoms. The van der Waals surface area contributed by atoms with E-state index in [1.165, 1.54) is 6.92 Å².